The van der Waals surface area contributed by atoms with E-state index in [0.29, 0.717) is 17.9 Å². The molecule has 7 nitrogen and oxygen atoms in total. The number of hydrogen-bond donors (Lipinski definition) is 2. The summed E-state index contributed by atoms with van der Waals surface area (Å²) < 4.78 is 34.8. The van der Waals surface area contributed by atoms with Crippen molar-refractivity contribution in [2.45, 2.75) is 45.6 Å². The normalized spacial score (nSPS) is 16.9. The van der Waals surface area contributed by atoms with Gasteiger partial charge in [-0.3, -0.25) is 0 Å². The van der Waals surface area contributed by atoms with Crippen LogP contribution in [-0.2, 0) is 10.0 Å². The summed E-state index contributed by atoms with van der Waals surface area (Å²) in [6.45, 7) is 10.4. The summed E-state index contributed by atoms with van der Waals surface area (Å²) in [5.41, 5.74) is 3.94. The number of aryl methyl sites for hydroxylation is 2. The molecule has 4 rings (SSSR count). The highest BCUT2D eigenvalue weighted by molar-refractivity contribution is 7.92. The first kappa shape index (κ1) is 23.6. The van der Waals surface area contributed by atoms with Crippen molar-refractivity contribution < 1.29 is 13.2 Å². The second-order valence-electron chi connectivity index (χ2n) is 9.32. The molecule has 3 aromatic rings. The molecule has 1 aliphatic rings. The molecule has 1 aromatic heterocycles. The molecule has 0 radical (unpaired) electrons. The molecule has 2 aromatic carbocycles. The molecule has 1 unspecified atom stereocenters. The Kier molecular flexibility index (Phi) is 6.24. The second kappa shape index (κ2) is 8.99. The standard InChI is InChI=1S/C26H28N4O3S/c1-17-8-6-9-18(2)24(17)22-15-23-29-25(28-22)30-34(31,32)21-11-7-10-19(14-21)27-16-20(33-23)12-13-26(3,4)5/h6-11,14-15,20,27H,16H2,1-5H3,(H,28,29,30). The van der Waals surface area contributed by atoms with Crippen LogP contribution >= 0.6 is 0 Å². The van der Waals surface area contributed by atoms with Crippen LogP contribution in [0, 0.1) is 31.1 Å². The molecule has 1 atom stereocenters. The summed E-state index contributed by atoms with van der Waals surface area (Å²) in [7, 11) is -3.91. The summed E-state index contributed by atoms with van der Waals surface area (Å²) in [4.78, 5) is 9.01. The number of benzene rings is 2. The zero-order valence-electron chi connectivity index (χ0n) is 19.9. The molecule has 0 amide bonds. The van der Waals surface area contributed by atoms with Gasteiger partial charge in [0.25, 0.3) is 10.0 Å². The largest absolute Gasteiger partial charge is 0.459 e. The Morgan fingerprint density at radius 2 is 1.74 bits per heavy atom. The van der Waals surface area contributed by atoms with Crippen molar-refractivity contribution in [3.63, 3.8) is 0 Å². The highest BCUT2D eigenvalue weighted by Gasteiger charge is 2.21. The van der Waals surface area contributed by atoms with E-state index in [-0.39, 0.29) is 22.1 Å². The number of fused-ring (bicyclic) bond motifs is 4. The summed E-state index contributed by atoms with van der Waals surface area (Å²) in [6.07, 6.45) is -0.521. The van der Waals surface area contributed by atoms with Crippen LogP contribution in [0.2, 0.25) is 0 Å². The van der Waals surface area contributed by atoms with E-state index in [1.165, 1.54) is 6.07 Å². The maximum Gasteiger partial charge on any atom is 0.264 e. The molecule has 0 fully saturated rings. The van der Waals surface area contributed by atoms with Crippen LogP contribution in [0.5, 0.6) is 5.88 Å². The predicted octanol–water partition coefficient (Wildman–Crippen LogP) is 4.78. The fourth-order valence-corrected chi connectivity index (χ4v) is 4.59. The first-order chi connectivity index (χ1) is 16.0. The highest BCUT2D eigenvalue weighted by atomic mass is 32.2. The van der Waals surface area contributed by atoms with Gasteiger partial charge in [-0.2, -0.15) is 4.98 Å². The van der Waals surface area contributed by atoms with E-state index in [1.807, 2.05) is 52.8 Å². The molecule has 8 heteroatoms. The number of nitrogens with zero attached hydrogens (tertiary/aromatic N) is 2. The van der Waals surface area contributed by atoms with Gasteiger partial charge in [0.15, 0.2) is 6.10 Å². The van der Waals surface area contributed by atoms with Crippen LogP contribution in [-0.4, -0.2) is 31.0 Å². The van der Waals surface area contributed by atoms with Crippen molar-refractivity contribution in [2.75, 3.05) is 16.6 Å². The number of ether oxygens (including phenoxy) is 1. The number of hydrogen-bond acceptors (Lipinski definition) is 6. The van der Waals surface area contributed by atoms with E-state index in [1.54, 1.807) is 24.3 Å². The lowest BCUT2D eigenvalue weighted by Crippen LogP contribution is -2.26. The zero-order chi connectivity index (χ0) is 24.5. The van der Waals surface area contributed by atoms with Crippen molar-refractivity contribution in [3.05, 3.63) is 59.7 Å². The van der Waals surface area contributed by atoms with Gasteiger partial charge in [0.2, 0.25) is 11.8 Å². The lowest BCUT2D eigenvalue weighted by atomic mass is 9.97. The summed E-state index contributed by atoms with van der Waals surface area (Å²) >= 11 is 0. The average Bonchev–Trinajstić information content (AvgIpc) is 2.74. The Balaban J connectivity index is 1.88. The zero-order valence-corrected chi connectivity index (χ0v) is 20.7. The van der Waals surface area contributed by atoms with E-state index in [9.17, 15) is 8.42 Å². The Morgan fingerprint density at radius 3 is 2.44 bits per heavy atom. The van der Waals surface area contributed by atoms with Gasteiger partial charge in [0.1, 0.15) is 0 Å². The topological polar surface area (TPSA) is 93.2 Å². The number of anilines is 2. The summed E-state index contributed by atoms with van der Waals surface area (Å²) in [5, 5.41) is 3.24. The number of sulfonamides is 1. The van der Waals surface area contributed by atoms with E-state index >= 15 is 0 Å². The van der Waals surface area contributed by atoms with Crippen LogP contribution in [0.4, 0.5) is 11.6 Å². The van der Waals surface area contributed by atoms with Crippen molar-refractivity contribution in [2.24, 2.45) is 5.41 Å². The quantitative estimate of drug-likeness (QED) is 0.491. The fraction of sp³-hybridized carbons (Fsp3) is 0.308. The molecular weight excluding hydrogens is 448 g/mol. The fourth-order valence-electron chi connectivity index (χ4n) is 3.61. The van der Waals surface area contributed by atoms with E-state index in [4.69, 9.17) is 4.74 Å². The van der Waals surface area contributed by atoms with Gasteiger partial charge in [-0.1, -0.05) is 36.1 Å². The third kappa shape index (κ3) is 5.49. The molecule has 1 aliphatic heterocycles. The lowest BCUT2D eigenvalue weighted by molar-refractivity contribution is 0.260. The van der Waals surface area contributed by atoms with Gasteiger partial charge in [-0.15, -0.1) is 0 Å². The van der Waals surface area contributed by atoms with Crippen LogP contribution in [0.1, 0.15) is 31.9 Å². The summed E-state index contributed by atoms with van der Waals surface area (Å²) in [5.74, 6) is 6.60. The van der Waals surface area contributed by atoms with Gasteiger partial charge in [-0.05, 0) is 63.9 Å². The van der Waals surface area contributed by atoms with Gasteiger partial charge >= 0.3 is 0 Å². The smallest absolute Gasteiger partial charge is 0.264 e. The highest BCUT2D eigenvalue weighted by Crippen LogP contribution is 2.30. The minimum atomic E-state index is -3.91. The molecule has 2 N–H and O–H groups in total. The molecule has 0 spiro atoms. The first-order valence-corrected chi connectivity index (χ1v) is 12.5. The monoisotopic (exact) mass is 476 g/mol. The Hall–Kier alpha value is -3.57. The molecule has 0 saturated heterocycles. The van der Waals surface area contributed by atoms with Crippen LogP contribution < -0.4 is 14.8 Å². The Bertz CT molecular complexity index is 1380. The third-order valence-electron chi connectivity index (χ3n) is 5.17. The number of rotatable bonds is 1. The lowest BCUT2D eigenvalue weighted by Gasteiger charge is -2.19. The van der Waals surface area contributed by atoms with Crippen LogP contribution in [0.3, 0.4) is 0 Å². The van der Waals surface area contributed by atoms with E-state index in [0.717, 1.165) is 16.7 Å². The minimum absolute atomic E-state index is 0.0587. The van der Waals surface area contributed by atoms with Crippen molar-refractivity contribution in [3.8, 4) is 29.0 Å². The van der Waals surface area contributed by atoms with Crippen molar-refractivity contribution in [1.82, 2.24) is 9.97 Å². The minimum Gasteiger partial charge on any atom is -0.459 e. The maximum absolute atomic E-state index is 13.1. The van der Waals surface area contributed by atoms with E-state index in [2.05, 4.69) is 31.8 Å². The number of nitrogens with one attached hydrogen (secondary N) is 2. The van der Waals surface area contributed by atoms with Crippen molar-refractivity contribution >= 4 is 21.7 Å². The van der Waals surface area contributed by atoms with Gasteiger partial charge in [0.05, 0.1) is 17.1 Å². The predicted molar refractivity (Wildman–Crippen MR) is 134 cm³/mol. The van der Waals surface area contributed by atoms with E-state index < -0.39 is 16.1 Å². The Labute approximate surface area is 201 Å². The van der Waals surface area contributed by atoms with Gasteiger partial charge < -0.3 is 10.1 Å². The third-order valence-corrected chi connectivity index (χ3v) is 6.50. The SMILES string of the molecule is Cc1cccc(C)c1-c1cc2nc(n1)NS(=O)(=O)c1cccc(c1)NCC(C#CC(C)(C)C)O2. The van der Waals surface area contributed by atoms with Crippen LogP contribution in [0.25, 0.3) is 11.3 Å². The molecular formula is C26H28N4O3S. The summed E-state index contributed by atoms with van der Waals surface area (Å²) in [6, 6.07) is 14.2. The number of aromatic nitrogens is 2. The molecule has 2 heterocycles. The molecule has 4 bridgehead atoms. The molecule has 0 aliphatic carbocycles. The van der Waals surface area contributed by atoms with Gasteiger partial charge in [-0.25, -0.2) is 18.1 Å². The second-order valence-corrected chi connectivity index (χ2v) is 11.0. The maximum atomic E-state index is 13.1. The van der Waals surface area contributed by atoms with Crippen LogP contribution in [0.15, 0.2) is 53.4 Å². The molecule has 34 heavy (non-hydrogen) atoms. The average molecular weight is 477 g/mol. The van der Waals surface area contributed by atoms with Crippen molar-refractivity contribution in [1.29, 1.82) is 0 Å². The first-order valence-electron chi connectivity index (χ1n) is 11.0. The molecule has 176 valence electrons. The van der Waals surface area contributed by atoms with Gasteiger partial charge in [0, 0.05) is 22.7 Å². The molecule has 0 saturated carbocycles. The Morgan fingerprint density at radius 1 is 1.03 bits per heavy atom.